The lowest BCUT2D eigenvalue weighted by molar-refractivity contribution is -0.383. The number of nitrogens with one attached hydrogen (secondary N) is 1. The van der Waals surface area contributed by atoms with Gasteiger partial charge in [-0.3, -0.25) is 10.1 Å². The Balaban J connectivity index is 2.40. The molecule has 0 saturated heterocycles. The standard InChI is InChI=1S/C13H8ClF3N2O2/c14-10-5-2-6-11(12(10)19(20)21)18-9-4-1-3-8(7-9)13(15,16)17/h1-7,18H. The Morgan fingerprint density at radius 1 is 1.14 bits per heavy atom. The molecule has 0 heterocycles. The fraction of sp³-hybridized carbons (Fsp3) is 0.0769. The van der Waals surface area contributed by atoms with Crippen molar-refractivity contribution in [3.05, 3.63) is 63.2 Å². The maximum Gasteiger partial charge on any atom is 0.416 e. The first-order valence-corrected chi connectivity index (χ1v) is 6.04. The molecule has 8 heteroatoms. The number of para-hydroxylation sites is 1. The number of nitrogens with zero attached hydrogens (tertiary/aromatic N) is 1. The average molecular weight is 317 g/mol. The topological polar surface area (TPSA) is 55.2 Å². The van der Waals surface area contributed by atoms with E-state index in [1.54, 1.807) is 0 Å². The van der Waals surface area contributed by atoms with Crippen LogP contribution in [0.2, 0.25) is 5.02 Å². The van der Waals surface area contributed by atoms with Gasteiger partial charge in [0.15, 0.2) is 0 Å². The van der Waals surface area contributed by atoms with Crippen molar-refractivity contribution in [3.63, 3.8) is 0 Å². The number of rotatable bonds is 3. The first-order valence-electron chi connectivity index (χ1n) is 5.66. The molecule has 2 aromatic carbocycles. The maximum absolute atomic E-state index is 12.6. The zero-order valence-electron chi connectivity index (χ0n) is 10.3. The SMILES string of the molecule is O=[N+]([O-])c1c(Cl)cccc1Nc1cccc(C(F)(F)F)c1. The summed E-state index contributed by atoms with van der Waals surface area (Å²) >= 11 is 5.73. The van der Waals surface area contributed by atoms with E-state index in [0.29, 0.717) is 0 Å². The van der Waals surface area contributed by atoms with Gasteiger partial charge in [-0.2, -0.15) is 13.2 Å². The Hall–Kier alpha value is -2.28. The second kappa shape index (κ2) is 5.61. The summed E-state index contributed by atoms with van der Waals surface area (Å²) in [6, 6.07) is 8.52. The van der Waals surface area contributed by atoms with E-state index in [4.69, 9.17) is 11.6 Å². The summed E-state index contributed by atoms with van der Waals surface area (Å²) in [5.74, 6) is 0. The number of hydrogen-bond acceptors (Lipinski definition) is 3. The summed E-state index contributed by atoms with van der Waals surface area (Å²) in [6.07, 6.45) is -4.49. The summed E-state index contributed by atoms with van der Waals surface area (Å²) in [6.45, 7) is 0. The van der Waals surface area contributed by atoms with E-state index < -0.39 is 22.4 Å². The molecule has 2 rings (SSSR count). The highest BCUT2D eigenvalue weighted by Crippen LogP contribution is 2.36. The van der Waals surface area contributed by atoms with E-state index in [1.807, 2.05) is 0 Å². The molecule has 0 spiro atoms. The van der Waals surface area contributed by atoms with Gasteiger partial charge in [0.2, 0.25) is 0 Å². The van der Waals surface area contributed by atoms with E-state index in [9.17, 15) is 23.3 Å². The van der Waals surface area contributed by atoms with Gasteiger partial charge in [-0.1, -0.05) is 23.7 Å². The molecule has 0 unspecified atom stereocenters. The quantitative estimate of drug-likeness (QED) is 0.639. The van der Waals surface area contributed by atoms with Crippen LogP contribution < -0.4 is 5.32 Å². The van der Waals surface area contributed by atoms with E-state index >= 15 is 0 Å². The van der Waals surface area contributed by atoms with Crippen LogP contribution >= 0.6 is 11.6 Å². The van der Waals surface area contributed by atoms with Gasteiger partial charge in [-0.25, -0.2) is 0 Å². The Kier molecular flexibility index (Phi) is 4.04. The molecule has 2 aromatic rings. The lowest BCUT2D eigenvalue weighted by atomic mass is 10.2. The van der Waals surface area contributed by atoms with Crippen LogP contribution in [0.3, 0.4) is 0 Å². The van der Waals surface area contributed by atoms with Gasteiger partial charge >= 0.3 is 11.9 Å². The third-order valence-corrected chi connectivity index (χ3v) is 2.94. The smallest absolute Gasteiger partial charge is 0.350 e. The normalized spacial score (nSPS) is 11.2. The maximum atomic E-state index is 12.6. The summed E-state index contributed by atoms with van der Waals surface area (Å²) in [7, 11) is 0. The van der Waals surface area contributed by atoms with Crippen molar-refractivity contribution in [1.29, 1.82) is 0 Å². The van der Waals surface area contributed by atoms with Crippen molar-refractivity contribution in [2.45, 2.75) is 6.18 Å². The second-order valence-corrected chi connectivity index (χ2v) is 4.50. The van der Waals surface area contributed by atoms with Crippen LogP contribution in [0, 0.1) is 10.1 Å². The summed E-state index contributed by atoms with van der Waals surface area (Å²) in [4.78, 5) is 10.3. The fourth-order valence-corrected chi connectivity index (χ4v) is 1.97. The molecule has 4 nitrogen and oxygen atoms in total. The van der Waals surface area contributed by atoms with Crippen LogP contribution in [0.5, 0.6) is 0 Å². The summed E-state index contributed by atoms with van der Waals surface area (Å²) in [5, 5.41) is 13.4. The number of halogens is 4. The molecule has 0 saturated carbocycles. The highest BCUT2D eigenvalue weighted by Gasteiger charge is 2.30. The van der Waals surface area contributed by atoms with Crippen molar-refractivity contribution < 1.29 is 18.1 Å². The van der Waals surface area contributed by atoms with Crippen LogP contribution in [0.25, 0.3) is 0 Å². The molecular formula is C13H8ClF3N2O2. The van der Waals surface area contributed by atoms with Crippen LogP contribution in [0.15, 0.2) is 42.5 Å². The van der Waals surface area contributed by atoms with Crippen LogP contribution in [-0.2, 0) is 6.18 Å². The number of alkyl halides is 3. The van der Waals surface area contributed by atoms with E-state index in [2.05, 4.69) is 5.32 Å². The first kappa shape index (κ1) is 15.1. The van der Waals surface area contributed by atoms with Gasteiger partial charge in [-0.05, 0) is 30.3 Å². The molecule has 0 fully saturated rings. The lowest BCUT2D eigenvalue weighted by Crippen LogP contribution is -2.05. The van der Waals surface area contributed by atoms with Crippen molar-refractivity contribution in [2.24, 2.45) is 0 Å². The van der Waals surface area contributed by atoms with Gasteiger partial charge in [0.25, 0.3) is 0 Å². The molecule has 110 valence electrons. The highest BCUT2D eigenvalue weighted by molar-refractivity contribution is 6.33. The molecule has 0 radical (unpaired) electrons. The van der Waals surface area contributed by atoms with Crippen molar-refractivity contribution >= 4 is 28.7 Å². The molecular weight excluding hydrogens is 309 g/mol. The Morgan fingerprint density at radius 2 is 1.81 bits per heavy atom. The van der Waals surface area contributed by atoms with Crippen LogP contribution in [0.4, 0.5) is 30.2 Å². The largest absolute Gasteiger partial charge is 0.416 e. The summed E-state index contributed by atoms with van der Waals surface area (Å²) < 4.78 is 37.9. The molecule has 0 aliphatic carbocycles. The molecule has 21 heavy (non-hydrogen) atoms. The highest BCUT2D eigenvalue weighted by atomic mass is 35.5. The van der Waals surface area contributed by atoms with E-state index in [0.717, 1.165) is 12.1 Å². The third kappa shape index (κ3) is 3.43. The number of nitro benzene ring substituents is 1. The average Bonchev–Trinajstić information content (AvgIpc) is 2.37. The lowest BCUT2D eigenvalue weighted by Gasteiger charge is -2.11. The van der Waals surface area contributed by atoms with Crippen molar-refractivity contribution in [2.75, 3.05) is 5.32 Å². The molecule has 0 bridgehead atoms. The molecule has 0 aliphatic rings. The monoisotopic (exact) mass is 316 g/mol. The van der Waals surface area contributed by atoms with Crippen molar-refractivity contribution in [3.8, 4) is 0 Å². The van der Waals surface area contributed by atoms with Crippen LogP contribution in [0.1, 0.15) is 5.56 Å². The fourth-order valence-electron chi connectivity index (χ4n) is 1.73. The number of anilines is 2. The number of nitro groups is 1. The minimum atomic E-state index is -4.49. The van der Waals surface area contributed by atoms with Crippen molar-refractivity contribution in [1.82, 2.24) is 0 Å². The Morgan fingerprint density at radius 3 is 2.43 bits per heavy atom. The zero-order chi connectivity index (χ0) is 15.6. The predicted molar refractivity (Wildman–Crippen MR) is 72.8 cm³/mol. The van der Waals surface area contributed by atoms with Gasteiger partial charge in [0, 0.05) is 5.69 Å². The van der Waals surface area contributed by atoms with E-state index in [-0.39, 0.29) is 16.4 Å². The van der Waals surface area contributed by atoms with Gasteiger partial charge < -0.3 is 5.32 Å². The number of benzene rings is 2. The van der Waals surface area contributed by atoms with Gasteiger partial charge in [-0.15, -0.1) is 0 Å². The minimum Gasteiger partial charge on any atom is -0.350 e. The summed E-state index contributed by atoms with van der Waals surface area (Å²) in [5.41, 5.74) is -1.14. The van der Waals surface area contributed by atoms with Gasteiger partial charge in [0.05, 0.1) is 10.5 Å². The Labute approximate surface area is 122 Å². The molecule has 0 atom stereocenters. The third-order valence-electron chi connectivity index (χ3n) is 2.64. The zero-order valence-corrected chi connectivity index (χ0v) is 11.1. The minimum absolute atomic E-state index is 0.0202. The van der Waals surface area contributed by atoms with E-state index in [1.165, 1.54) is 30.3 Å². The first-order chi connectivity index (χ1) is 9.79. The molecule has 0 aliphatic heterocycles. The molecule has 1 N–H and O–H groups in total. The van der Waals surface area contributed by atoms with Gasteiger partial charge in [0.1, 0.15) is 10.7 Å². The predicted octanol–water partition coefficient (Wildman–Crippen LogP) is 5.01. The van der Waals surface area contributed by atoms with Crippen LogP contribution in [-0.4, -0.2) is 4.92 Å². The molecule has 0 aromatic heterocycles. The number of hydrogen-bond donors (Lipinski definition) is 1. The Bertz CT molecular complexity index is 689. The molecule has 0 amide bonds. The second-order valence-electron chi connectivity index (χ2n) is 4.10.